The van der Waals surface area contributed by atoms with Gasteiger partial charge in [0.15, 0.2) is 0 Å². The number of halogens is 6. The Morgan fingerprint density at radius 1 is 0.867 bits per heavy atom. The van der Waals surface area contributed by atoms with Crippen molar-refractivity contribution in [3.05, 3.63) is 33.7 Å². The van der Waals surface area contributed by atoms with Gasteiger partial charge in [0.05, 0.1) is 0 Å². The molecule has 0 unspecified atom stereocenters. The third-order valence-corrected chi connectivity index (χ3v) is 1.56. The van der Waals surface area contributed by atoms with Crippen molar-refractivity contribution in [2.45, 2.75) is 12.4 Å². The SMILES string of the molecule is O=c1c(C(F)(F)F)c[nH]cc1C(F)(F)F. The van der Waals surface area contributed by atoms with Crippen LogP contribution in [0.4, 0.5) is 26.3 Å². The van der Waals surface area contributed by atoms with Crippen LogP contribution in [0.2, 0.25) is 0 Å². The molecule has 2 nitrogen and oxygen atoms in total. The van der Waals surface area contributed by atoms with Crippen LogP contribution in [0.25, 0.3) is 0 Å². The standard InChI is InChI=1S/C7H3F6NO/c8-6(9,10)3-1-14-2-4(5(3)15)7(11,12)13/h1-2H,(H,14,15). The Kier molecular flexibility index (Phi) is 2.54. The quantitative estimate of drug-likeness (QED) is 0.683. The van der Waals surface area contributed by atoms with E-state index < -0.39 is 28.9 Å². The molecule has 0 radical (unpaired) electrons. The Balaban J connectivity index is 3.44. The molecule has 0 aliphatic heterocycles. The lowest BCUT2D eigenvalue weighted by atomic mass is 10.2. The van der Waals surface area contributed by atoms with E-state index in [1.165, 1.54) is 0 Å². The van der Waals surface area contributed by atoms with E-state index in [1.54, 1.807) is 4.98 Å². The van der Waals surface area contributed by atoms with Crippen LogP contribution >= 0.6 is 0 Å². The largest absolute Gasteiger partial charge is 0.421 e. The van der Waals surface area contributed by atoms with Crippen LogP contribution in [0.1, 0.15) is 11.1 Å². The van der Waals surface area contributed by atoms with Crippen LogP contribution < -0.4 is 5.43 Å². The number of nitrogens with one attached hydrogen (secondary N) is 1. The number of aromatic amines is 1. The molecule has 0 saturated heterocycles. The second-order valence-electron chi connectivity index (χ2n) is 2.61. The molecule has 0 aromatic carbocycles. The fourth-order valence-electron chi connectivity index (χ4n) is 0.906. The lowest BCUT2D eigenvalue weighted by molar-refractivity contribution is -0.145. The molecule has 0 fully saturated rings. The highest BCUT2D eigenvalue weighted by molar-refractivity contribution is 5.23. The molecule has 0 spiro atoms. The number of hydrogen-bond acceptors (Lipinski definition) is 1. The van der Waals surface area contributed by atoms with Gasteiger partial charge in [0.25, 0.3) is 0 Å². The van der Waals surface area contributed by atoms with Gasteiger partial charge in [-0.15, -0.1) is 0 Å². The number of alkyl halides is 6. The van der Waals surface area contributed by atoms with Crippen molar-refractivity contribution in [2.75, 3.05) is 0 Å². The molecule has 0 aliphatic carbocycles. The molecule has 84 valence electrons. The van der Waals surface area contributed by atoms with Crippen molar-refractivity contribution >= 4 is 0 Å². The predicted molar refractivity (Wildman–Crippen MR) is 37.1 cm³/mol. The Morgan fingerprint density at radius 2 is 1.20 bits per heavy atom. The van der Waals surface area contributed by atoms with Crippen molar-refractivity contribution in [2.24, 2.45) is 0 Å². The first-order valence-electron chi connectivity index (χ1n) is 3.49. The zero-order chi connectivity index (χ0) is 11.9. The Labute approximate surface area is 78.5 Å². The summed E-state index contributed by atoms with van der Waals surface area (Å²) < 4.78 is 72.2. The fourth-order valence-corrected chi connectivity index (χ4v) is 0.906. The van der Waals surface area contributed by atoms with Gasteiger partial charge in [-0.3, -0.25) is 4.79 Å². The maximum absolute atomic E-state index is 12.0. The van der Waals surface area contributed by atoms with E-state index in [9.17, 15) is 31.1 Å². The van der Waals surface area contributed by atoms with Crippen molar-refractivity contribution in [3.63, 3.8) is 0 Å². The van der Waals surface area contributed by atoms with Crippen LogP contribution in [0.3, 0.4) is 0 Å². The average Bonchev–Trinajstić information content (AvgIpc) is 1.99. The summed E-state index contributed by atoms with van der Waals surface area (Å²) in [5, 5.41) is 0. The smallest absolute Gasteiger partial charge is 0.366 e. The van der Waals surface area contributed by atoms with Crippen molar-refractivity contribution in [3.8, 4) is 0 Å². The summed E-state index contributed by atoms with van der Waals surface area (Å²) in [5.41, 5.74) is -5.80. The van der Waals surface area contributed by atoms with Gasteiger partial charge in [0.2, 0.25) is 5.43 Å². The average molecular weight is 231 g/mol. The normalized spacial score (nSPS) is 12.9. The van der Waals surface area contributed by atoms with Crippen molar-refractivity contribution in [1.82, 2.24) is 4.98 Å². The van der Waals surface area contributed by atoms with E-state index in [-0.39, 0.29) is 12.4 Å². The van der Waals surface area contributed by atoms with Gasteiger partial charge in [-0.05, 0) is 0 Å². The predicted octanol–water partition coefficient (Wildman–Crippen LogP) is 2.41. The highest BCUT2D eigenvalue weighted by Crippen LogP contribution is 2.30. The molecule has 0 bridgehead atoms. The molecular weight excluding hydrogens is 228 g/mol. The number of rotatable bonds is 0. The zero-order valence-corrected chi connectivity index (χ0v) is 6.83. The van der Waals surface area contributed by atoms with E-state index in [0.717, 1.165) is 0 Å². The minimum Gasteiger partial charge on any atom is -0.366 e. The van der Waals surface area contributed by atoms with Gasteiger partial charge in [0, 0.05) is 12.4 Å². The van der Waals surface area contributed by atoms with Gasteiger partial charge in [-0.2, -0.15) is 26.3 Å². The molecule has 1 aromatic heterocycles. The van der Waals surface area contributed by atoms with Gasteiger partial charge < -0.3 is 4.98 Å². The fraction of sp³-hybridized carbons (Fsp3) is 0.286. The Hall–Kier alpha value is -1.47. The molecule has 0 atom stereocenters. The molecule has 1 heterocycles. The summed E-state index contributed by atoms with van der Waals surface area (Å²) in [6.45, 7) is 0. The number of aromatic nitrogens is 1. The molecule has 15 heavy (non-hydrogen) atoms. The molecule has 1 rings (SSSR count). The minimum atomic E-state index is -5.10. The van der Waals surface area contributed by atoms with E-state index >= 15 is 0 Å². The maximum atomic E-state index is 12.0. The molecule has 0 aliphatic rings. The number of hydrogen-bond donors (Lipinski definition) is 1. The summed E-state index contributed by atoms with van der Waals surface area (Å²) in [6, 6.07) is 0. The number of H-pyrrole nitrogens is 1. The van der Waals surface area contributed by atoms with E-state index in [0.29, 0.717) is 0 Å². The highest BCUT2D eigenvalue weighted by atomic mass is 19.4. The first-order chi connectivity index (χ1) is 6.64. The summed E-state index contributed by atoms with van der Waals surface area (Å²) in [4.78, 5) is 12.4. The third kappa shape index (κ3) is 2.31. The lowest BCUT2D eigenvalue weighted by Crippen LogP contribution is -2.27. The second kappa shape index (κ2) is 3.28. The van der Waals surface area contributed by atoms with Gasteiger partial charge in [-0.1, -0.05) is 0 Å². The second-order valence-corrected chi connectivity index (χ2v) is 2.61. The third-order valence-electron chi connectivity index (χ3n) is 1.56. The van der Waals surface area contributed by atoms with E-state index in [1.807, 2.05) is 0 Å². The number of pyridine rings is 1. The molecule has 1 N–H and O–H groups in total. The van der Waals surface area contributed by atoms with Gasteiger partial charge in [-0.25, -0.2) is 0 Å². The summed E-state index contributed by atoms with van der Waals surface area (Å²) in [7, 11) is 0. The van der Waals surface area contributed by atoms with Crippen LogP contribution in [-0.4, -0.2) is 4.98 Å². The van der Waals surface area contributed by atoms with Crippen LogP contribution in [0, 0.1) is 0 Å². The monoisotopic (exact) mass is 231 g/mol. The molecular formula is C7H3F6NO. The van der Waals surface area contributed by atoms with E-state index in [2.05, 4.69) is 0 Å². The summed E-state index contributed by atoms with van der Waals surface area (Å²) in [6.07, 6.45) is -9.82. The first-order valence-corrected chi connectivity index (χ1v) is 3.49. The zero-order valence-electron chi connectivity index (χ0n) is 6.83. The molecule has 0 saturated carbocycles. The minimum absolute atomic E-state index is 0.192. The Morgan fingerprint density at radius 3 is 1.47 bits per heavy atom. The van der Waals surface area contributed by atoms with Crippen molar-refractivity contribution < 1.29 is 26.3 Å². The lowest BCUT2D eigenvalue weighted by Gasteiger charge is -2.09. The first kappa shape index (κ1) is 11.6. The topological polar surface area (TPSA) is 32.9 Å². The van der Waals surface area contributed by atoms with Gasteiger partial charge in [0.1, 0.15) is 11.1 Å². The van der Waals surface area contributed by atoms with Crippen LogP contribution in [0.15, 0.2) is 17.2 Å². The molecule has 1 aromatic rings. The van der Waals surface area contributed by atoms with E-state index in [4.69, 9.17) is 0 Å². The van der Waals surface area contributed by atoms with Crippen LogP contribution in [-0.2, 0) is 12.4 Å². The highest BCUT2D eigenvalue weighted by Gasteiger charge is 2.40. The molecule has 8 heteroatoms. The molecule has 0 amide bonds. The van der Waals surface area contributed by atoms with Crippen molar-refractivity contribution in [1.29, 1.82) is 0 Å². The maximum Gasteiger partial charge on any atom is 0.421 e. The summed E-state index contributed by atoms with van der Waals surface area (Å²) in [5.74, 6) is 0. The van der Waals surface area contributed by atoms with Crippen LogP contribution in [0.5, 0.6) is 0 Å². The van der Waals surface area contributed by atoms with Gasteiger partial charge >= 0.3 is 12.4 Å². The summed E-state index contributed by atoms with van der Waals surface area (Å²) >= 11 is 0. The Bertz CT molecular complexity index is 379.